The molecule has 1 fully saturated rings. The maximum atomic E-state index is 11.9. The smallest absolute Gasteiger partial charge is 0.220 e. The predicted octanol–water partition coefficient (Wildman–Crippen LogP) is 1.30. The lowest BCUT2D eigenvalue weighted by Gasteiger charge is -2.29. The second-order valence-electron chi connectivity index (χ2n) is 7.09. The van der Waals surface area contributed by atoms with Crippen LogP contribution >= 0.6 is 0 Å². The molecular weight excluding hydrogens is 334 g/mol. The highest BCUT2D eigenvalue weighted by molar-refractivity contribution is 5.75. The number of nitrogens with zero attached hydrogens (tertiary/aromatic N) is 6. The Morgan fingerprint density at radius 3 is 2.92 bits per heavy atom. The largest absolute Gasteiger partial charge is 0.361 e. The summed E-state index contributed by atoms with van der Waals surface area (Å²) in [7, 11) is 0. The topological polar surface area (TPSA) is 102 Å². The van der Waals surface area contributed by atoms with E-state index in [1.165, 1.54) is 12.8 Å². The molecule has 0 aromatic carbocycles. The zero-order chi connectivity index (χ0) is 18.4. The number of carbonyl (C=O) groups is 1. The predicted molar refractivity (Wildman–Crippen MR) is 93.8 cm³/mol. The first-order valence-electron chi connectivity index (χ1n) is 9.26. The third kappa shape index (κ3) is 5.35. The normalized spacial score (nSPS) is 16.1. The Labute approximate surface area is 153 Å². The van der Waals surface area contributed by atoms with E-state index in [0.717, 1.165) is 42.8 Å². The van der Waals surface area contributed by atoms with Crippen LogP contribution in [0.2, 0.25) is 0 Å². The molecule has 1 aliphatic rings. The highest BCUT2D eigenvalue weighted by Gasteiger charge is 2.18. The fourth-order valence-corrected chi connectivity index (χ4v) is 3.10. The van der Waals surface area contributed by atoms with Gasteiger partial charge in [-0.15, -0.1) is 5.10 Å². The van der Waals surface area contributed by atoms with E-state index in [-0.39, 0.29) is 5.91 Å². The van der Waals surface area contributed by atoms with Crippen molar-refractivity contribution in [2.75, 3.05) is 13.1 Å². The van der Waals surface area contributed by atoms with Gasteiger partial charge in [-0.1, -0.05) is 12.1 Å². The van der Waals surface area contributed by atoms with Gasteiger partial charge in [0.05, 0.1) is 13.1 Å². The van der Waals surface area contributed by atoms with Crippen LogP contribution in [0.25, 0.3) is 0 Å². The minimum absolute atomic E-state index is 0.00899. The lowest BCUT2D eigenvalue weighted by Crippen LogP contribution is -2.33. The molecular formula is C17H27N7O2. The lowest BCUT2D eigenvalue weighted by molar-refractivity contribution is -0.121. The second-order valence-corrected chi connectivity index (χ2v) is 7.09. The third-order valence-corrected chi connectivity index (χ3v) is 4.76. The van der Waals surface area contributed by atoms with Gasteiger partial charge in [-0.3, -0.25) is 9.69 Å². The fourth-order valence-electron chi connectivity index (χ4n) is 3.10. The number of rotatable bonds is 8. The molecule has 0 bridgehead atoms. The van der Waals surface area contributed by atoms with Crippen molar-refractivity contribution in [1.29, 1.82) is 0 Å². The van der Waals surface area contributed by atoms with Gasteiger partial charge in [0.2, 0.25) is 5.91 Å². The molecule has 2 aromatic rings. The molecule has 0 saturated carbocycles. The van der Waals surface area contributed by atoms with Crippen molar-refractivity contribution >= 4 is 5.91 Å². The van der Waals surface area contributed by atoms with Crippen LogP contribution in [0.4, 0.5) is 0 Å². The Bertz CT molecular complexity index is 704. The van der Waals surface area contributed by atoms with Gasteiger partial charge in [0, 0.05) is 19.0 Å². The molecule has 26 heavy (non-hydrogen) atoms. The molecule has 1 aliphatic heterocycles. The number of aryl methyl sites for hydroxylation is 2. The molecule has 2 aromatic heterocycles. The summed E-state index contributed by atoms with van der Waals surface area (Å²) in [5.41, 5.74) is 0.731. The number of amides is 1. The molecule has 9 heteroatoms. The number of likely N-dealkylation sites (tertiary alicyclic amines) is 1. The lowest BCUT2D eigenvalue weighted by atomic mass is 9.99. The van der Waals surface area contributed by atoms with Gasteiger partial charge in [0.1, 0.15) is 11.5 Å². The monoisotopic (exact) mass is 361 g/mol. The molecule has 1 saturated heterocycles. The molecule has 0 aliphatic carbocycles. The SMILES string of the molecule is Cc1cc(CNC(=O)CCCn2nnnc2CN2CCC(C)CC2)no1. The Hall–Kier alpha value is -2.29. The van der Waals surface area contributed by atoms with Crippen LogP contribution < -0.4 is 5.32 Å². The molecule has 1 amide bonds. The zero-order valence-corrected chi connectivity index (χ0v) is 15.5. The van der Waals surface area contributed by atoms with Crippen LogP contribution in [0, 0.1) is 12.8 Å². The van der Waals surface area contributed by atoms with Crippen LogP contribution in [0.5, 0.6) is 0 Å². The minimum Gasteiger partial charge on any atom is -0.361 e. The Balaban J connectivity index is 1.38. The van der Waals surface area contributed by atoms with Crippen LogP contribution in [-0.4, -0.2) is 49.3 Å². The van der Waals surface area contributed by atoms with E-state index in [1.54, 1.807) is 0 Å². The molecule has 0 spiro atoms. The molecule has 3 rings (SSSR count). The summed E-state index contributed by atoms with van der Waals surface area (Å²) in [6, 6.07) is 1.81. The summed E-state index contributed by atoms with van der Waals surface area (Å²) < 4.78 is 6.79. The number of tetrazole rings is 1. The van der Waals surface area contributed by atoms with Crippen LogP contribution in [0.15, 0.2) is 10.6 Å². The number of nitrogens with one attached hydrogen (secondary N) is 1. The molecule has 142 valence electrons. The van der Waals surface area contributed by atoms with Crippen LogP contribution in [0.1, 0.15) is 49.9 Å². The van der Waals surface area contributed by atoms with Gasteiger partial charge in [0.25, 0.3) is 0 Å². The Kier molecular flexibility index (Phi) is 6.32. The first kappa shape index (κ1) is 18.5. The molecule has 0 atom stereocenters. The molecule has 0 radical (unpaired) electrons. The molecule has 3 heterocycles. The van der Waals surface area contributed by atoms with Crippen LogP contribution in [0.3, 0.4) is 0 Å². The van der Waals surface area contributed by atoms with Crippen molar-refractivity contribution in [2.45, 2.75) is 59.2 Å². The van der Waals surface area contributed by atoms with Gasteiger partial charge >= 0.3 is 0 Å². The summed E-state index contributed by atoms with van der Waals surface area (Å²) in [5.74, 6) is 2.41. The van der Waals surface area contributed by atoms with E-state index in [9.17, 15) is 4.79 Å². The number of hydrogen-bond acceptors (Lipinski definition) is 7. The number of hydrogen-bond donors (Lipinski definition) is 1. The quantitative estimate of drug-likeness (QED) is 0.756. The van der Waals surface area contributed by atoms with Gasteiger partial charge in [-0.25, -0.2) is 4.68 Å². The average Bonchev–Trinajstić information content (AvgIpc) is 3.24. The maximum absolute atomic E-state index is 11.9. The van der Waals surface area contributed by atoms with Crippen molar-refractivity contribution in [1.82, 2.24) is 35.6 Å². The Morgan fingerprint density at radius 2 is 2.19 bits per heavy atom. The minimum atomic E-state index is -0.00899. The van der Waals surface area contributed by atoms with Crippen molar-refractivity contribution < 1.29 is 9.32 Å². The maximum Gasteiger partial charge on any atom is 0.220 e. The first-order chi connectivity index (χ1) is 12.6. The Morgan fingerprint density at radius 1 is 1.38 bits per heavy atom. The molecule has 1 N–H and O–H groups in total. The van der Waals surface area contributed by atoms with Gasteiger partial charge < -0.3 is 9.84 Å². The highest BCUT2D eigenvalue weighted by Crippen LogP contribution is 2.17. The van der Waals surface area contributed by atoms with Gasteiger partial charge in [0.15, 0.2) is 5.82 Å². The number of aromatic nitrogens is 5. The summed E-state index contributed by atoms with van der Waals surface area (Å²) in [6.07, 6.45) is 3.58. The highest BCUT2D eigenvalue weighted by atomic mass is 16.5. The van der Waals surface area contributed by atoms with Crippen molar-refractivity contribution in [2.24, 2.45) is 5.92 Å². The van der Waals surface area contributed by atoms with Gasteiger partial charge in [-0.2, -0.15) is 0 Å². The summed E-state index contributed by atoms with van der Waals surface area (Å²) in [4.78, 5) is 14.3. The van der Waals surface area contributed by atoms with Gasteiger partial charge in [-0.05, 0) is 55.6 Å². The number of carbonyl (C=O) groups excluding carboxylic acids is 1. The molecule has 0 unspecified atom stereocenters. The van der Waals surface area contributed by atoms with E-state index in [4.69, 9.17) is 4.52 Å². The standard InChI is InChI=1S/C17H27N7O2/c1-13-5-8-23(9-6-13)12-16-19-21-22-24(16)7-3-4-17(25)18-11-15-10-14(2)26-20-15/h10,13H,3-9,11-12H2,1-2H3,(H,18,25). The average molecular weight is 361 g/mol. The second kappa shape index (κ2) is 8.88. The fraction of sp³-hybridized carbons (Fsp3) is 0.706. The van der Waals surface area contributed by atoms with E-state index >= 15 is 0 Å². The summed E-state index contributed by atoms with van der Waals surface area (Å²) in [6.45, 7) is 8.12. The van der Waals surface area contributed by atoms with Crippen molar-refractivity contribution in [3.05, 3.63) is 23.3 Å². The van der Waals surface area contributed by atoms with Crippen LogP contribution in [-0.2, 0) is 24.4 Å². The third-order valence-electron chi connectivity index (χ3n) is 4.76. The van der Waals surface area contributed by atoms with E-state index in [1.807, 2.05) is 17.7 Å². The van der Waals surface area contributed by atoms with E-state index < -0.39 is 0 Å². The summed E-state index contributed by atoms with van der Waals surface area (Å²) >= 11 is 0. The zero-order valence-electron chi connectivity index (χ0n) is 15.5. The van der Waals surface area contributed by atoms with Crippen molar-refractivity contribution in [3.63, 3.8) is 0 Å². The first-order valence-corrected chi connectivity index (χ1v) is 9.26. The molecule has 9 nitrogen and oxygen atoms in total. The van der Waals surface area contributed by atoms with Crippen molar-refractivity contribution in [3.8, 4) is 0 Å². The van der Waals surface area contributed by atoms with E-state index in [0.29, 0.717) is 25.9 Å². The summed E-state index contributed by atoms with van der Waals surface area (Å²) in [5, 5.41) is 18.7. The van der Waals surface area contributed by atoms with E-state index in [2.05, 4.69) is 37.8 Å². The number of piperidine rings is 1.